The molecule has 1 unspecified atom stereocenters. The van der Waals surface area contributed by atoms with E-state index < -0.39 is 10.0 Å². The summed E-state index contributed by atoms with van der Waals surface area (Å²) in [6.07, 6.45) is 2.23. The fourth-order valence-corrected chi connectivity index (χ4v) is 4.47. The normalized spacial score (nSPS) is 17.1. The van der Waals surface area contributed by atoms with Crippen molar-refractivity contribution in [2.75, 3.05) is 20.3 Å². The zero-order valence-corrected chi connectivity index (χ0v) is 14.9. The molecule has 21 heavy (non-hydrogen) atoms. The Hall–Kier alpha value is -0.430. The highest BCUT2D eigenvalue weighted by atomic mass is 79.9. The monoisotopic (exact) mass is 375 g/mol. The van der Waals surface area contributed by atoms with E-state index in [0.29, 0.717) is 24.0 Å². The second-order valence-corrected chi connectivity index (χ2v) is 7.92. The molecule has 0 spiro atoms. The van der Waals surface area contributed by atoms with Crippen LogP contribution in [0, 0.1) is 5.92 Å². The van der Waals surface area contributed by atoms with Gasteiger partial charge in [-0.25, -0.2) is 8.42 Å². The SMILES string of the molecule is COCCN(C(C)C1CC1)S(=O)(=O)c1ccc(CBr)cc1. The highest BCUT2D eigenvalue weighted by molar-refractivity contribution is 9.08. The van der Waals surface area contributed by atoms with Gasteiger partial charge in [-0.1, -0.05) is 28.1 Å². The van der Waals surface area contributed by atoms with Crippen molar-refractivity contribution in [2.45, 2.75) is 36.0 Å². The largest absolute Gasteiger partial charge is 0.383 e. The second kappa shape index (κ2) is 7.22. The highest BCUT2D eigenvalue weighted by Crippen LogP contribution is 2.37. The Kier molecular flexibility index (Phi) is 5.82. The molecule has 0 amide bonds. The topological polar surface area (TPSA) is 46.6 Å². The second-order valence-electron chi connectivity index (χ2n) is 5.46. The van der Waals surface area contributed by atoms with Gasteiger partial charge >= 0.3 is 0 Å². The molecule has 0 heterocycles. The molecule has 4 nitrogen and oxygen atoms in total. The summed E-state index contributed by atoms with van der Waals surface area (Å²) in [5.41, 5.74) is 1.06. The van der Waals surface area contributed by atoms with Gasteiger partial charge in [0.05, 0.1) is 11.5 Å². The van der Waals surface area contributed by atoms with E-state index in [9.17, 15) is 8.42 Å². The van der Waals surface area contributed by atoms with Gasteiger partial charge in [0.1, 0.15) is 0 Å². The molecule has 0 saturated heterocycles. The molecule has 2 rings (SSSR count). The standard InChI is InChI=1S/C15H22BrNO3S/c1-12(14-5-6-14)17(9-10-20-2)21(18,19)15-7-3-13(11-16)4-8-15/h3-4,7-8,12,14H,5-6,9-11H2,1-2H3. The van der Waals surface area contributed by atoms with Gasteiger partial charge in [-0.15, -0.1) is 0 Å². The number of methoxy groups -OCH3 is 1. The van der Waals surface area contributed by atoms with Crippen molar-refractivity contribution >= 4 is 26.0 Å². The number of sulfonamides is 1. The first-order chi connectivity index (χ1) is 10.0. The number of alkyl halides is 1. The predicted octanol–water partition coefficient (Wildman–Crippen LogP) is 3.02. The van der Waals surface area contributed by atoms with Crippen LogP contribution in [-0.4, -0.2) is 39.0 Å². The van der Waals surface area contributed by atoms with E-state index in [1.54, 1.807) is 23.5 Å². The van der Waals surface area contributed by atoms with Crippen LogP contribution in [0.15, 0.2) is 29.2 Å². The van der Waals surface area contributed by atoms with Crippen molar-refractivity contribution in [3.63, 3.8) is 0 Å². The smallest absolute Gasteiger partial charge is 0.243 e. The summed E-state index contributed by atoms with van der Waals surface area (Å²) in [6, 6.07) is 7.09. The number of hydrogen-bond donors (Lipinski definition) is 0. The van der Waals surface area contributed by atoms with E-state index in [4.69, 9.17) is 4.74 Å². The van der Waals surface area contributed by atoms with E-state index in [1.807, 2.05) is 19.1 Å². The summed E-state index contributed by atoms with van der Waals surface area (Å²) in [4.78, 5) is 0.357. The fraction of sp³-hybridized carbons (Fsp3) is 0.600. The van der Waals surface area contributed by atoms with Crippen molar-refractivity contribution in [1.82, 2.24) is 4.31 Å². The third kappa shape index (κ3) is 4.06. The lowest BCUT2D eigenvalue weighted by atomic mass is 10.2. The van der Waals surface area contributed by atoms with Gasteiger partial charge in [0.25, 0.3) is 0 Å². The maximum absolute atomic E-state index is 12.9. The maximum Gasteiger partial charge on any atom is 0.243 e. The average Bonchev–Trinajstić information content (AvgIpc) is 3.32. The minimum atomic E-state index is -3.46. The summed E-state index contributed by atoms with van der Waals surface area (Å²) < 4.78 is 32.4. The summed E-state index contributed by atoms with van der Waals surface area (Å²) in [6.45, 7) is 2.81. The molecular weight excluding hydrogens is 354 g/mol. The van der Waals surface area contributed by atoms with E-state index in [-0.39, 0.29) is 6.04 Å². The van der Waals surface area contributed by atoms with Gasteiger partial charge in [0.15, 0.2) is 0 Å². The molecule has 6 heteroatoms. The summed E-state index contributed by atoms with van der Waals surface area (Å²) >= 11 is 3.37. The summed E-state index contributed by atoms with van der Waals surface area (Å²) in [7, 11) is -1.87. The first-order valence-corrected chi connectivity index (χ1v) is 9.72. The number of benzene rings is 1. The lowest BCUT2D eigenvalue weighted by Gasteiger charge is -2.28. The van der Waals surface area contributed by atoms with Gasteiger partial charge in [0, 0.05) is 25.0 Å². The molecule has 118 valence electrons. The van der Waals surface area contributed by atoms with Crippen LogP contribution >= 0.6 is 15.9 Å². The molecule has 0 bridgehead atoms. The maximum atomic E-state index is 12.9. The van der Waals surface area contributed by atoms with Crippen molar-refractivity contribution in [1.29, 1.82) is 0 Å². The summed E-state index contributed by atoms with van der Waals surface area (Å²) in [5, 5.41) is 0.721. The zero-order chi connectivity index (χ0) is 15.5. The van der Waals surface area contributed by atoms with Crippen LogP contribution in [0.25, 0.3) is 0 Å². The van der Waals surface area contributed by atoms with Gasteiger partial charge < -0.3 is 4.74 Å². The van der Waals surface area contributed by atoms with Crippen molar-refractivity contribution in [2.24, 2.45) is 5.92 Å². The Labute approximate surface area is 135 Å². The van der Waals surface area contributed by atoms with Crippen molar-refractivity contribution in [3.8, 4) is 0 Å². The molecule has 1 aliphatic rings. The molecule has 0 radical (unpaired) electrons. The van der Waals surface area contributed by atoms with E-state index in [1.165, 1.54) is 0 Å². The van der Waals surface area contributed by atoms with E-state index in [0.717, 1.165) is 23.7 Å². The Balaban J connectivity index is 2.26. The van der Waals surface area contributed by atoms with Gasteiger partial charge in [-0.3, -0.25) is 0 Å². The van der Waals surface area contributed by atoms with Crippen LogP contribution in [0.3, 0.4) is 0 Å². The van der Waals surface area contributed by atoms with Crippen LogP contribution in [0.1, 0.15) is 25.3 Å². The number of halogens is 1. The lowest BCUT2D eigenvalue weighted by molar-refractivity contribution is 0.164. The van der Waals surface area contributed by atoms with Gasteiger partial charge in [-0.05, 0) is 43.4 Å². The molecule has 0 aliphatic heterocycles. The molecule has 0 N–H and O–H groups in total. The Morgan fingerprint density at radius 1 is 1.33 bits per heavy atom. The van der Waals surface area contributed by atoms with E-state index >= 15 is 0 Å². The van der Waals surface area contributed by atoms with Crippen LogP contribution in [0.2, 0.25) is 0 Å². The first kappa shape index (κ1) is 16.9. The summed E-state index contributed by atoms with van der Waals surface area (Å²) in [5.74, 6) is 0.485. The molecule has 0 aromatic heterocycles. The fourth-order valence-electron chi connectivity index (χ4n) is 2.42. The Bertz CT molecular complexity index is 555. The molecule has 1 aliphatic carbocycles. The minimum absolute atomic E-state index is 0.0287. The van der Waals surface area contributed by atoms with Gasteiger partial charge in [0.2, 0.25) is 10.0 Å². The van der Waals surface area contributed by atoms with E-state index in [2.05, 4.69) is 15.9 Å². The number of rotatable bonds is 8. The molecule has 1 aromatic rings. The molecule has 1 atom stereocenters. The third-order valence-electron chi connectivity index (χ3n) is 3.96. The minimum Gasteiger partial charge on any atom is -0.383 e. The van der Waals surface area contributed by atoms with Crippen LogP contribution < -0.4 is 0 Å². The average molecular weight is 376 g/mol. The number of hydrogen-bond acceptors (Lipinski definition) is 3. The number of ether oxygens (including phenoxy) is 1. The van der Waals surface area contributed by atoms with Crippen LogP contribution in [0.4, 0.5) is 0 Å². The molecule has 1 fully saturated rings. The number of nitrogens with zero attached hydrogens (tertiary/aromatic N) is 1. The predicted molar refractivity (Wildman–Crippen MR) is 87.0 cm³/mol. The quantitative estimate of drug-likeness (QED) is 0.656. The van der Waals surface area contributed by atoms with Crippen molar-refractivity contribution in [3.05, 3.63) is 29.8 Å². The lowest BCUT2D eigenvalue weighted by Crippen LogP contribution is -2.41. The Morgan fingerprint density at radius 3 is 2.43 bits per heavy atom. The van der Waals surface area contributed by atoms with Crippen LogP contribution in [-0.2, 0) is 20.1 Å². The molecular formula is C15H22BrNO3S. The third-order valence-corrected chi connectivity index (χ3v) is 6.61. The highest BCUT2D eigenvalue weighted by Gasteiger charge is 2.37. The Morgan fingerprint density at radius 2 is 1.95 bits per heavy atom. The molecule has 1 saturated carbocycles. The zero-order valence-electron chi connectivity index (χ0n) is 12.5. The van der Waals surface area contributed by atoms with Crippen molar-refractivity contribution < 1.29 is 13.2 Å². The molecule has 1 aromatic carbocycles. The van der Waals surface area contributed by atoms with Gasteiger partial charge in [-0.2, -0.15) is 4.31 Å². The van der Waals surface area contributed by atoms with Crippen LogP contribution in [0.5, 0.6) is 0 Å². The first-order valence-electron chi connectivity index (χ1n) is 7.16.